The molecule has 3 aliphatic rings. The Kier molecular flexibility index (Phi) is 4.50. The lowest BCUT2D eigenvalue weighted by Gasteiger charge is -2.49. The van der Waals surface area contributed by atoms with Gasteiger partial charge in [0.25, 0.3) is 5.91 Å². The minimum atomic E-state index is -0.526. The van der Waals surface area contributed by atoms with Crippen molar-refractivity contribution in [3.8, 4) is 0 Å². The summed E-state index contributed by atoms with van der Waals surface area (Å²) in [5.74, 6) is 0.278. The van der Waals surface area contributed by atoms with E-state index in [0.717, 1.165) is 45.4 Å². The summed E-state index contributed by atoms with van der Waals surface area (Å²) in [4.78, 5) is 16.1. The Bertz CT molecular complexity index is 840. The third-order valence-electron chi connectivity index (χ3n) is 7.33. The number of fused-ring (bicyclic) bond motifs is 2. The normalized spacial score (nSPS) is 26.8. The molecule has 3 heterocycles. The maximum absolute atomic E-state index is 13.9. The fourth-order valence-electron chi connectivity index (χ4n) is 5.93. The molecular formula is C23H30N4O. The van der Waals surface area contributed by atoms with Crippen LogP contribution >= 0.6 is 0 Å². The van der Waals surface area contributed by atoms with Crippen LogP contribution in [-0.4, -0.2) is 46.8 Å². The molecule has 2 aliphatic heterocycles. The number of nitrogens with zero attached hydrogens (tertiary/aromatic N) is 3. The molecule has 1 N–H and O–H groups in total. The lowest BCUT2D eigenvalue weighted by molar-refractivity contribution is -0.145. The molecule has 5 nitrogen and oxygen atoms in total. The van der Waals surface area contributed by atoms with Crippen molar-refractivity contribution in [1.82, 2.24) is 20.0 Å². The Balaban J connectivity index is 1.48. The molecular weight excluding hydrogens is 348 g/mol. The van der Waals surface area contributed by atoms with Crippen molar-refractivity contribution in [1.29, 1.82) is 0 Å². The summed E-state index contributed by atoms with van der Waals surface area (Å²) < 4.78 is 1.94. The van der Waals surface area contributed by atoms with Gasteiger partial charge in [-0.1, -0.05) is 24.3 Å². The first-order chi connectivity index (χ1) is 13.7. The third-order valence-corrected chi connectivity index (χ3v) is 7.33. The van der Waals surface area contributed by atoms with Gasteiger partial charge in [0.15, 0.2) is 0 Å². The predicted molar refractivity (Wildman–Crippen MR) is 109 cm³/mol. The van der Waals surface area contributed by atoms with Crippen LogP contribution in [0.2, 0.25) is 0 Å². The zero-order chi connectivity index (χ0) is 19.0. The molecule has 28 heavy (non-hydrogen) atoms. The fourth-order valence-corrected chi connectivity index (χ4v) is 5.93. The second kappa shape index (κ2) is 7.03. The van der Waals surface area contributed by atoms with Crippen molar-refractivity contribution in [2.45, 2.75) is 55.9 Å². The van der Waals surface area contributed by atoms with Crippen molar-refractivity contribution in [3.63, 3.8) is 0 Å². The molecule has 1 spiro atoms. The molecule has 1 amide bonds. The van der Waals surface area contributed by atoms with Crippen molar-refractivity contribution in [2.75, 3.05) is 26.2 Å². The van der Waals surface area contributed by atoms with Crippen LogP contribution in [0.5, 0.6) is 0 Å². The van der Waals surface area contributed by atoms with E-state index in [-0.39, 0.29) is 11.3 Å². The van der Waals surface area contributed by atoms with Crippen LogP contribution < -0.4 is 5.32 Å². The first kappa shape index (κ1) is 17.9. The maximum atomic E-state index is 13.9. The van der Waals surface area contributed by atoms with E-state index in [1.807, 2.05) is 16.9 Å². The van der Waals surface area contributed by atoms with Crippen molar-refractivity contribution < 1.29 is 4.79 Å². The average Bonchev–Trinajstić information content (AvgIpc) is 3.30. The predicted octanol–water partition coefficient (Wildman–Crippen LogP) is 2.86. The van der Waals surface area contributed by atoms with E-state index in [9.17, 15) is 4.79 Å². The fraction of sp³-hybridized carbons (Fsp3) is 0.565. The molecule has 0 saturated carbocycles. The number of hydrogen-bond acceptors (Lipinski definition) is 3. The van der Waals surface area contributed by atoms with E-state index < -0.39 is 5.54 Å². The number of aryl methyl sites for hydroxylation is 1. The average molecular weight is 379 g/mol. The number of amides is 1. The monoisotopic (exact) mass is 378 g/mol. The van der Waals surface area contributed by atoms with E-state index in [1.165, 1.54) is 36.8 Å². The van der Waals surface area contributed by atoms with Crippen LogP contribution in [0.3, 0.4) is 0 Å². The molecule has 1 aromatic heterocycles. The van der Waals surface area contributed by atoms with Gasteiger partial charge in [0.05, 0.1) is 0 Å². The smallest absolute Gasteiger partial charge is 0.250 e. The van der Waals surface area contributed by atoms with E-state index in [1.54, 1.807) is 6.20 Å². The van der Waals surface area contributed by atoms with Crippen LogP contribution in [-0.2, 0) is 22.2 Å². The maximum Gasteiger partial charge on any atom is 0.250 e. The van der Waals surface area contributed by atoms with Crippen molar-refractivity contribution in [3.05, 3.63) is 53.9 Å². The molecule has 1 aliphatic carbocycles. The Labute approximate surface area is 167 Å². The highest BCUT2D eigenvalue weighted by Crippen LogP contribution is 2.44. The van der Waals surface area contributed by atoms with Crippen molar-refractivity contribution in [2.24, 2.45) is 0 Å². The molecule has 1 atom stereocenters. The van der Waals surface area contributed by atoms with Gasteiger partial charge in [0, 0.05) is 30.9 Å². The number of hydrogen-bond donors (Lipinski definition) is 1. The zero-order valence-electron chi connectivity index (χ0n) is 16.6. The molecule has 2 saturated heterocycles. The summed E-state index contributed by atoms with van der Waals surface area (Å²) in [6, 6.07) is 10.9. The Hall–Kier alpha value is -2.14. The van der Waals surface area contributed by atoms with E-state index in [2.05, 4.69) is 39.6 Å². The lowest BCUT2D eigenvalue weighted by Crippen LogP contribution is -2.59. The van der Waals surface area contributed by atoms with Gasteiger partial charge >= 0.3 is 0 Å². The SMILES string of the molecule is O=C(N1CCCC2(CCCc3ccccc32)C1)C1(n2cccn2)CCNCC1. The molecule has 0 radical (unpaired) electrons. The zero-order valence-corrected chi connectivity index (χ0v) is 16.6. The second-order valence-electron chi connectivity index (χ2n) is 8.85. The van der Waals surface area contributed by atoms with Crippen LogP contribution in [0.15, 0.2) is 42.7 Å². The number of aromatic nitrogens is 2. The summed E-state index contributed by atoms with van der Waals surface area (Å²) in [6.45, 7) is 3.47. The number of carbonyl (C=O) groups excluding carboxylic acids is 1. The summed E-state index contributed by atoms with van der Waals surface area (Å²) in [6.07, 6.45) is 11.3. The van der Waals surface area contributed by atoms with Gasteiger partial charge in [-0.25, -0.2) is 0 Å². The van der Waals surface area contributed by atoms with Crippen LogP contribution in [0.1, 0.15) is 49.7 Å². The number of benzene rings is 1. The second-order valence-corrected chi connectivity index (χ2v) is 8.85. The van der Waals surface area contributed by atoms with Gasteiger partial charge in [-0.05, 0) is 75.2 Å². The van der Waals surface area contributed by atoms with Crippen LogP contribution in [0.4, 0.5) is 0 Å². The van der Waals surface area contributed by atoms with Gasteiger partial charge in [-0.2, -0.15) is 5.10 Å². The van der Waals surface area contributed by atoms with Crippen LogP contribution in [0, 0.1) is 0 Å². The van der Waals surface area contributed by atoms with E-state index in [0.29, 0.717) is 0 Å². The van der Waals surface area contributed by atoms with Gasteiger partial charge in [-0.15, -0.1) is 0 Å². The summed E-state index contributed by atoms with van der Waals surface area (Å²) in [7, 11) is 0. The summed E-state index contributed by atoms with van der Waals surface area (Å²) >= 11 is 0. The van der Waals surface area contributed by atoms with Gasteiger partial charge < -0.3 is 10.2 Å². The Morgan fingerprint density at radius 3 is 2.68 bits per heavy atom. The molecule has 5 rings (SSSR count). The van der Waals surface area contributed by atoms with Crippen LogP contribution in [0.25, 0.3) is 0 Å². The number of nitrogens with one attached hydrogen (secondary N) is 1. The quantitative estimate of drug-likeness (QED) is 0.874. The van der Waals surface area contributed by atoms with Gasteiger partial charge in [-0.3, -0.25) is 9.48 Å². The first-order valence-electron chi connectivity index (χ1n) is 10.8. The first-order valence-corrected chi connectivity index (χ1v) is 10.8. The molecule has 1 aromatic carbocycles. The Morgan fingerprint density at radius 2 is 1.86 bits per heavy atom. The molecule has 148 valence electrons. The number of piperidine rings is 2. The van der Waals surface area contributed by atoms with Gasteiger partial charge in [0.1, 0.15) is 5.54 Å². The minimum absolute atomic E-state index is 0.140. The van der Waals surface area contributed by atoms with Crippen molar-refractivity contribution >= 4 is 5.91 Å². The standard InChI is InChI=1S/C23H30N4O/c28-21(23(11-14-24-15-12-23)27-17-5-13-25-27)26-16-4-10-22(18-26)9-3-7-19-6-1-2-8-20(19)22/h1-2,5-6,8,13,17,24H,3-4,7,9-12,14-16,18H2. The molecule has 2 fully saturated rings. The Morgan fingerprint density at radius 1 is 1.04 bits per heavy atom. The highest BCUT2D eigenvalue weighted by Gasteiger charge is 2.48. The number of carbonyl (C=O) groups is 1. The number of likely N-dealkylation sites (tertiary alicyclic amines) is 1. The minimum Gasteiger partial charge on any atom is -0.340 e. The van der Waals surface area contributed by atoms with E-state index >= 15 is 0 Å². The summed E-state index contributed by atoms with van der Waals surface area (Å²) in [5, 5.41) is 7.93. The third kappa shape index (κ3) is 2.79. The highest BCUT2D eigenvalue weighted by atomic mass is 16.2. The molecule has 1 unspecified atom stereocenters. The molecule has 2 aromatic rings. The lowest BCUT2D eigenvalue weighted by atomic mass is 9.65. The van der Waals surface area contributed by atoms with Gasteiger partial charge in [0.2, 0.25) is 0 Å². The molecule has 0 bridgehead atoms. The van der Waals surface area contributed by atoms with E-state index in [4.69, 9.17) is 0 Å². The molecule has 5 heteroatoms. The topological polar surface area (TPSA) is 50.2 Å². The largest absolute Gasteiger partial charge is 0.340 e. The number of rotatable bonds is 2. The summed E-state index contributed by atoms with van der Waals surface area (Å²) in [5.41, 5.74) is 2.60. The highest BCUT2D eigenvalue weighted by molar-refractivity contribution is 5.85.